The fraction of sp³-hybridized carbons (Fsp3) is 0.909. The van der Waals surface area contributed by atoms with E-state index in [0.717, 1.165) is 12.2 Å². The fourth-order valence-corrected chi connectivity index (χ4v) is 2.10. The average Bonchev–Trinajstić information content (AvgIpc) is 2.16. The van der Waals surface area contributed by atoms with Crippen LogP contribution in [0.3, 0.4) is 0 Å². The molecule has 3 N–H and O–H groups in total. The zero-order valence-corrected chi connectivity index (χ0v) is 12.3. The SMILES string of the molecule is CSCC(C)C(=O)NC(CN)CC(C)C.Cl. The second-order valence-corrected chi connectivity index (χ2v) is 5.34. The Balaban J connectivity index is 0. The topological polar surface area (TPSA) is 55.1 Å². The van der Waals surface area contributed by atoms with Gasteiger partial charge in [-0.1, -0.05) is 20.8 Å². The van der Waals surface area contributed by atoms with Crippen molar-refractivity contribution in [2.24, 2.45) is 17.6 Å². The Morgan fingerprint density at radius 3 is 2.31 bits per heavy atom. The van der Waals surface area contributed by atoms with Crippen molar-refractivity contribution in [3.63, 3.8) is 0 Å². The molecule has 0 aliphatic rings. The summed E-state index contributed by atoms with van der Waals surface area (Å²) in [5.74, 6) is 1.63. The lowest BCUT2D eigenvalue weighted by Crippen LogP contribution is -2.43. The van der Waals surface area contributed by atoms with Crippen molar-refractivity contribution < 1.29 is 4.79 Å². The van der Waals surface area contributed by atoms with Crippen molar-refractivity contribution in [1.82, 2.24) is 5.32 Å². The monoisotopic (exact) mass is 268 g/mol. The van der Waals surface area contributed by atoms with E-state index in [-0.39, 0.29) is 30.3 Å². The van der Waals surface area contributed by atoms with Crippen LogP contribution in [0.5, 0.6) is 0 Å². The molecule has 0 heterocycles. The number of rotatable bonds is 7. The molecule has 0 spiro atoms. The van der Waals surface area contributed by atoms with Gasteiger partial charge in [0.15, 0.2) is 0 Å². The van der Waals surface area contributed by atoms with Crippen molar-refractivity contribution in [2.75, 3.05) is 18.6 Å². The number of thioether (sulfide) groups is 1. The molecule has 0 aromatic carbocycles. The van der Waals surface area contributed by atoms with Crippen LogP contribution in [-0.2, 0) is 4.79 Å². The van der Waals surface area contributed by atoms with E-state index in [9.17, 15) is 4.79 Å². The number of carbonyl (C=O) groups excluding carboxylic acids is 1. The maximum atomic E-state index is 11.7. The second kappa shape index (κ2) is 10.2. The van der Waals surface area contributed by atoms with Crippen LogP contribution in [0.1, 0.15) is 27.2 Å². The van der Waals surface area contributed by atoms with E-state index in [1.54, 1.807) is 11.8 Å². The van der Waals surface area contributed by atoms with Crippen molar-refractivity contribution in [2.45, 2.75) is 33.2 Å². The van der Waals surface area contributed by atoms with E-state index in [2.05, 4.69) is 19.2 Å². The van der Waals surface area contributed by atoms with Crippen LogP contribution < -0.4 is 11.1 Å². The van der Waals surface area contributed by atoms with Crippen molar-refractivity contribution >= 4 is 30.1 Å². The highest BCUT2D eigenvalue weighted by molar-refractivity contribution is 7.98. The van der Waals surface area contributed by atoms with Gasteiger partial charge in [0.05, 0.1) is 0 Å². The molecule has 0 aromatic rings. The molecule has 0 fully saturated rings. The van der Waals surface area contributed by atoms with Gasteiger partial charge in [-0.3, -0.25) is 4.79 Å². The van der Waals surface area contributed by atoms with Gasteiger partial charge in [0.2, 0.25) is 5.91 Å². The third kappa shape index (κ3) is 8.25. The van der Waals surface area contributed by atoms with E-state index in [0.29, 0.717) is 12.5 Å². The van der Waals surface area contributed by atoms with Gasteiger partial charge >= 0.3 is 0 Å². The summed E-state index contributed by atoms with van der Waals surface area (Å²) in [6.45, 7) is 6.75. The smallest absolute Gasteiger partial charge is 0.223 e. The third-order valence-corrected chi connectivity index (χ3v) is 3.08. The Labute approximate surface area is 110 Å². The molecule has 0 radical (unpaired) electrons. The zero-order chi connectivity index (χ0) is 11.8. The number of hydrogen-bond donors (Lipinski definition) is 2. The van der Waals surface area contributed by atoms with Gasteiger partial charge in [-0.25, -0.2) is 0 Å². The number of nitrogens with one attached hydrogen (secondary N) is 1. The van der Waals surface area contributed by atoms with Gasteiger partial charge in [0.1, 0.15) is 0 Å². The first kappa shape index (κ1) is 18.4. The Morgan fingerprint density at radius 2 is 1.94 bits per heavy atom. The molecule has 1 amide bonds. The number of nitrogens with two attached hydrogens (primary N) is 1. The summed E-state index contributed by atoms with van der Waals surface area (Å²) in [5, 5.41) is 3.01. The molecule has 16 heavy (non-hydrogen) atoms. The van der Waals surface area contributed by atoms with Crippen LogP contribution in [0.15, 0.2) is 0 Å². The summed E-state index contributed by atoms with van der Waals surface area (Å²) in [4.78, 5) is 11.7. The minimum absolute atomic E-state index is 0. The van der Waals surface area contributed by atoms with E-state index in [1.165, 1.54) is 0 Å². The van der Waals surface area contributed by atoms with Crippen molar-refractivity contribution in [3.05, 3.63) is 0 Å². The largest absolute Gasteiger partial charge is 0.352 e. The van der Waals surface area contributed by atoms with E-state index in [1.807, 2.05) is 13.2 Å². The molecule has 0 rings (SSSR count). The first-order valence-corrected chi connectivity index (χ1v) is 6.90. The van der Waals surface area contributed by atoms with Crippen molar-refractivity contribution in [1.29, 1.82) is 0 Å². The number of carbonyl (C=O) groups is 1. The lowest BCUT2D eigenvalue weighted by atomic mass is 10.0. The summed E-state index contributed by atoms with van der Waals surface area (Å²) in [6, 6.07) is 0.127. The Kier molecular flexibility index (Phi) is 11.8. The highest BCUT2D eigenvalue weighted by atomic mass is 35.5. The Morgan fingerprint density at radius 1 is 1.38 bits per heavy atom. The van der Waals surface area contributed by atoms with Crippen LogP contribution in [0.2, 0.25) is 0 Å². The summed E-state index contributed by atoms with van der Waals surface area (Å²) in [6.07, 6.45) is 2.96. The lowest BCUT2D eigenvalue weighted by molar-refractivity contribution is -0.124. The van der Waals surface area contributed by atoms with Crippen molar-refractivity contribution in [3.8, 4) is 0 Å². The number of hydrogen-bond acceptors (Lipinski definition) is 3. The summed E-state index contributed by atoms with van der Waals surface area (Å²) < 4.78 is 0. The first-order chi connectivity index (χ1) is 7.01. The fourth-order valence-electron chi connectivity index (χ4n) is 1.45. The minimum atomic E-state index is 0. The Bertz CT molecular complexity index is 191. The lowest BCUT2D eigenvalue weighted by Gasteiger charge is -2.20. The summed E-state index contributed by atoms with van der Waals surface area (Å²) >= 11 is 1.69. The normalized spacial score (nSPS) is 14.1. The van der Waals surface area contributed by atoms with E-state index < -0.39 is 0 Å². The second-order valence-electron chi connectivity index (χ2n) is 4.43. The molecule has 2 unspecified atom stereocenters. The van der Waals surface area contributed by atoms with Crippen LogP contribution in [0.4, 0.5) is 0 Å². The average molecular weight is 269 g/mol. The molecule has 0 bridgehead atoms. The van der Waals surface area contributed by atoms with Crippen LogP contribution in [0, 0.1) is 11.8 Å². The molecule has 0 aliphatic carbocycles. The number of amides is 1. The predicted molar refractivity (Wildman–Crippen MR) is 75.2 cm³/mol. The van der Waals surface area contributed by atoms with Gasteiger partial charge in [-0.15, -0.1) is 12.4 Å². The zero-order valence-electron chi connectivity index (χ0n) is 10.7. The van der Waals surface area contributed by atoms with Gasteiger partial charge in [-0.05, 0) is 18.6 Å². The van der Waals surface area contributed by atoms with Gasteiger partial charge < -0.3 is 11.1 Å². The predicted octanol–water partition coefficient (Wildman–Crippen LogP) is 1.90. The van der Waals surface area contributed by atoms with E-state index >= 15 is 0 Å². The highest BCUT2D eigenvalue weighted by Crippen LogP contribution is 2.07. The minimum Gasteiger partial charge on any atom is -0.352 e. The standard InChI is InChI=1S/C11H24N2OS.ClH/c1-8(2)5-10(6-12)13-11(14)9(3)7-15-4;/h8-10H,5-7,12H2,1-4H3,(H,13,14);1H. The molecule has 0 aromatic heterocycles. The van der Waals surface area contributed by atoms with Gasteiger partial charge in [-0.2, -0.15) is 11.8 Å². The Hall–Kier alpha value is 0.0700. The third-order valence-electron chi connectivity index (χ3n) is 2.25. The molecule has 2 atom stereocenters. The first-order valence-electron chi connectivity index (χ1n) is 5.50. The molecule has 5 heteroatoms. The quantitative estimate of drug-likeness (QED) is 0.742. The molecule has 0 saturated carbocycles. The molecular weight excluding hydrogens is 244 g/mol. The molecule has 98 valence electrons. The van der Waals surface area contributed by atoms with E-state index in [4.69, 9.17) is 5.73 Å². The maximum Gasteiger partial charge on any atom is 0.223 e. The molecule has 0 saturated heterocycles. The molecule has 3 nitrogen and oxygen atoms in total. The highest BCUT2D eigenvalue weighted by Gasteiger charge is 2.16. The van der Waals surface area contributed by atoms with Crippen LogP contribution in [0.25, 0.3) is 0 Å². The van der Waals surface area contributed by atoms with Gasteiger partial charge in [0.25, 0.3) is 0 Å². The van der Waals surface area contributed by atoms with Crippen LogP contribution in [-0.4, -0.2) is 30.5 Å². The van der Waals surface area contributed by atoms with Gasteiger partial charge in [0, 0.05) is 24.3 Å². The molecule has 0 aliphatic heterocycles. The van der Waals surface area contributed by atoms with Crippen LogP contribution >= 0.6 is 24.2 Å². The number of halogens is 1. The summed E-state index contributed by atoms with van der Waals surface area (Å²) in [5.41, 5.74) is 5.62. The maximum absolute atomic E-state index is 11.7. The summed E-state index contributed by atoms with van der Waals surface area (Å²) in [7, 11) is 0. The molecular formula is C11H25ClN2OS.